The van der Waals surface area contributed by atoms with E-state index in [1.165, 1.54) is 16.8 Å². The lowest BCUT2D eigenvalue weighted by molar-refractivity contribution is -0.116. The molecule has 0 aliphatic carbocycles. The Labute approximate surface area is 157 Å². The highest BCUT2D eigenvalue weighted by Gasteiger charge is 2.35. The van der Waals surface area contributed by atoms with Gasteiger partial charge in [-0.3, -0.25) is 4.79 Å². The summed E-state index contributed by atoms with van der Waals surface area (Å²) in [4.78, 5) is 16.8. The number of halogens is 2. The second kappa shape index (κ2) is 5.98. The van der Waals surface area contributed by atoms with E-state index in [0.29, 0.717) is 28.2 Å². The van der Waals surface area contributed by atoms with Crippen molar-refractivity contribution in [2.24, 2.45) is 0 Å². The number of rotatable bonds is 2. The minimum absolute atomic E-state index is 0.0373. The van der Waals surface area contributed by atoms with Gasteiger partial charge < -0.3 is 9.73 Å². The van der Waals surface area contributed by atoms with E-state index in [1.807, 2.05) is 12.1 Å². The molecule has 1 N–H and O–H groups in total. The predicted molar refractivity (Wildman–Crippen MR) is 97.3 cm³/mol. The minimum Gasteiger partial charge on any atom is -0.422 e. The Balaban J connectivity index is 1.69. The van der Waals surface area contributed by atoms with Gasteiger partial charge in [-0.15, -0.1) is 0 Å². The first-order chi connectivity index (χ1) is 13.5. The maximum Gasteiger partial charge on any atom is 0.325 e. The van der Waals surface area contributed by atoms with Crippen LogP contribution in [0.3, 0.4) is 0 Å². The number of carbonyl (C=O) groups excluding carboxylic acids is 1. The molecule has 28 heavy (non-hydrogen) atoms. The molecule has 8 heteroatoms. The normalized spacial score (nSPS) is 16.2. The van der Waals surface area contributed by atoms with E-state index in [2.05, 4.69) is 15.4 Å². The van der Waals surface area contributed by atoms with E-state index in [1.54, 1.807) is 19.1 Å². The molecule has 2 aromatic carbocycles. The summed E-state index contributed by atoms with van der Waals surface area (Å²) in [5.74, 6) is -1.85. The summed E-state index contributed by atoms with van der Waals surface area (Å²) in [5, 5.41) is 7.25. The molecular weight excluding hydrogens is 366 g/mol. The van der Waals surface area contributed by atoms with Gasteiger partial charge in [0.05, 0.1) is 5.69 Å². The molecule has 0 fully saturated rings. The lowest BCUT2D eigenvalue weighted by atomic mass is 9.85. The number of fused-ring (bicyclic) bond motifs is 2. The highest BCUT2D eigenvalue weighted by Crippen LogP contribution is 2.41. The van der Waals surface area contributed by atoms with Crippen LogP contribution < -0.4 is 5.32 Å². The van der Waals surface area contributed by atoms with Crippen molar-refractivity contribution in [3.05, 3.63) is 70.9 Å². The molecule has 2 aromatic heterocycles. The maximum absolute atomic E-state index is 14.4. The molecule has 3 heterocycles. The molecule has 0 radical (unpaired) electrons. The molecule has 1 aliphatic heterocycles. The Hall–Kier alpha value is -3.55. The third-order valence-electron chi connectivity index (χ3n) is 4.90. The molecule has 5 rings (SSSR count). The number of benzene rings is 2. The van der Waals surface area contributed by atoms with E-state index in [-0.39, 0.29) is 23.9 Å². The van der Waals surface area contributed by atoms with Gasteiger partial charge in [0.25, 0.3) is 0 Å². The zero-order valence-corrected chi connectivity index (χ0v) is 14.7. The zero-order valence-electron chi connectivity index (χ0n) is 14.7. The van der Waals surface area contributed by atoms with Crippen LogP contribution in [0.25, 0.3) is 17.1 Å². The number of nitrogens with one attached hydrogen (secondary N) is 1. The number of hydrogen-bond donors (Lipinski definition) is 1. The number of amides is 1. The van der Waals surface area contributed by atoms with E-state index in [4.69, 9.17) is 4.42 Å². The van der Waals surface area contributed by atoms with Crippen molar-refractivity contribution in [3.8, 4) is 6.01 Å². The third-order valence-corrected chi connectivity index (χ3v) is 4.90. The molecule has 0 saturated carbocycles. The Morgan fingerprint density at radius 3 is 2.82 bits per heavy atom. The van der Waals surface area contributed by atoms with Gasteiger partial charge in [0.1, 0.15) is 23.0 Å². The second-order valence-electron chi connectivity index (χ2n) is 6.69. The lowest BCUT2D eigenvalue weighted by Gasteiger charge is -2.24. The molecule has 0 spiro atoms. The smallest absolute Gasteiger partial charge is 0.325 e. The molecular formula is C20H14F2N4O2. The van der Waals surface area contributed by atoms with Crippen molar-refractivity contribution in [2.45, 2.75) is 19.3 Å². The zero-order chi connectivity index (χ0) is 19.4. The average Bonchev–Trinajstić information content (AvgIpc) is 3.22. The van der Waals surface area contributed by atoms with Crippen LogP contribution in [0.2, 0.25) is 0 Å². The number of anilines is 1. The Kier molecular flexibility index (Phi) is 3.55. The highest BCUT2D eigenvalue weighted by molar-refractivity contribution is 5.95. The van der Waals surface area contributed by atoms with Crippen molar-refractivity contribution < 1.29 is 18.0 Å². The number of para-hydroxylation sites is 2. The summed E-state index contributed by atoms with van der Waals surface area (Å²) in [7, 11) is 0. The van der Waals surface area contributed by atoms with Crippen LogP contribution in [0.4, 0.5) is 14.6 Å². The van der Waals surface area contributed by atoms with Gasteiger partial charge in [-0.2, -0.15) is 14.8 Å². The SMILES string of the molecule is Cc1nn(-c2nc3ccccc3o2)c2c1C(c1ccc(F)cc1F)CC(=O)N2. The van der Waals surface area contributed by atoms with Crippen molar-refractivity contribution in [1.82, 2.24) is 14.8 Å². The molecule has 1 atom stereocenters. The highest BCUT2D eigenvalue weighted by atomic mass is 19.1. The van der Waals surface area contributed by atoms with Gasteiger partial charge in [-0.25, -0.2) is 8.78 Å². The van der Waals surface area contributed by atoms with Crippen LogP contribution in [0, 0.1) is 18.6 Å². The van der Waals surface area contributed by atoms with Crippen LogP contribution in [-0.2, 0) is 4.79 Å². The fraction of sp³-hybridized carbons (Fsp3) is 0.150. The monoisotopic (exact) mass is 380 g/mol. The van der Waals surface area contributed by atoms with Gasteiger partial charge in [-0.05, 0) is 30.7 Å². The topological polar surface area (TPSA) is 73.0 Å². The summed E-state index contributed by atoms with van der Waals surface area (Å²) in [6.07, 6.45) is 0.0373. The minimum atomic E-state index is -0.695. The molecule has 1 unspecified atom stereocenters. The standard InChI is InChI=1S/C20H14F2N4O2/c1-10-18-13(12-7-6-11(21)8-14(12)22)9-17(27)24-19(18)26(25-10)20-23-15-4-2-3-5-16(15)28-20/h2-8,13H,9H2,1H3,(H,24,27). The molecule has 4 aromatic rings. The molecule has 1 amide bonds. The molecule has 140 valence electrons. The summed E-state index contributed by atoms with van der Waals surface area (Å²) in [6.45, 7) is 1.77. The Bertz CT molecular complexity index is 1210. The molecule has 6 nitrogen and oxygen atoms in total. The number of hydrogen-bond acceptors (Lipinski definition) is 4. The number of aromatic nitrogens is 3. The quantitative estimate of drug-likeness (QED) is 0.569. The van der Waals surface area contributed by atoms with E-state index in [0.717, 1.165) is 6.07 Å². The van der Waals surface area contributed by atoms with Crippen molar-refractivity contribution in [1.29, 1.82) is 0 Å². The summed E-state index contributed by atoms with van der Waals surface area (Å²) in [5.41, 5.74) is 2.75. The number of aryl methyl sites for hydroxylation is 1. The van der Waals surface area contributed by atoms with Crippen LogP contribution in [-0.4, -0.2) is 20.7 Å². The molecule has 0 saturated heterocycles. The van der Waals surface area contributed by atoms with Crippen LogP contribution in [0.5, 0.6) is 0 Å². The van der Waals surface area contributed by atoms with Crippen molar-refractivity contribution in [2.75, 3.05) is 5.32 Å². The Morgan fingerprint density at radius 1 is 1.21 bits per heavy atom. The first-order valence-corrected chi connectivity index (χ1v) is 8.71. The van der Waals surface area contributed by atoms with E-state index < -0.39 is 17.6 Å². The fourth-order valence-electron chi connectivity index (χ4n) is 3.69. The average molecular weight is 380 g/mol. The van der Waals surface area contributed by atoms with E-state index >= 15 is 0 Å². The van der Waals surface area contributed by atoms with Gasteiger partial charge >= 0.3 is 6.01 Å². The van der Waals surface area contributed by atoms with Crippen LogP contribution in [0.1, 0.15) is 29.2 Å². The number of nitrogens with zero attached hydrogens (tertiary/aromatic N) is 3. The van der Waals surface area contributed by atoms with Gasteiger partial charge in [0.2, 0.25) is 5.91 Å². The number of oxazole rings is 1. The Morgan fingerprint density at radius 2 is 2.04 bits per heavy atom. The molecule has 1 aliphatic rings. The first kappa shape index (κ1) is 16.6. The summed E-state index contributed by atoms with van der Waals surface area (Å²) in [6, 6.07) is 10.8. The lowest BCUT2D eigenvalue weighted by Crippen LogP contribution is -2.25. The first-order valence-electron chi connectivity index (χ1n) is 8.71. The van der Waals surface area contributed by atoms with Gasteiger partial charge in [-0.1, -0.05) is 18.2 Å². The number of carbonyl (C=O) groups is 1. The second-order valence-corrected chi connectivity index (χ2v) is 6.69. The third kappa shape index (κ3) is 2.49. The van der Waals surface area contributed by atoms with Crippen molar-refractivity contribution in [3.63, 3.8) is 0 Å². The predicted octanol–water partition coefficient (Wildman–Crippen LogP) is 4.07. The summed E-state index contributed by atoms with van der Waals surface area (Å²) < 4.78 is 34.9. The molecule has 0 bridgehead atoms. The summed E-state index contributed by atoms with van der Waals surface area (Å²) >= 11 is 0. The van der Waals surface area contributed by atoms with Crippen LogP contribution in [0.15, 0.2) is 46.9 Å². The maximum atomic E-state index is 14.4. The van der Waals surface area contributed by atoms with E-state index in [9.17, 15) is 13.6 Å². The van der Waals surface area contributed by atoms with Crippen LogP contribution >= 0.6 is 0 Å². The largest absolute Gasteiger partial charge is 0.422 e. The van der Waals surface area contributed by atoms with Gasteiger partial charge in [0.15, 0.2) is 5.58 Å². The van der Waals surface area contributed by atoms with Crippen molar-refractivity contribution >= 4 is 22.8 Å². The fourth-order valence-corrected chi connectivity index (χ4v) is 3.69. The van der Waals surface area contributed by atoms with Gasteiger partial charge in [0, 0.05) is 24.0 Å².